The van der Waals surface area contributed by atoms with Gasteiger partial charge >= 0.3 is 0 Å². The first-order valence-electron chi connectivity index (χ1n) is 22.0. The van der Waals surface area contributed by atoms with Crippen LogP contribution < -0.4 is 4.90 Å². The molecule has 1 aromatic heterocycles. The van der Waals surface area contributed by atoms with E-state index in [4.69, 9.17) is 0 Å². The molecule has 64 heavy (non-hydrogen) atoms. The molecule has 0 bridgehead atoms. The summed E-state index contributed by atoms with van der Waals surface area (Å²) in [5.41, 5.74) is 16.4. The summed E-state index contributed by atoms with van der Waals surface area (Å²) in [7, 11) is 0. The van der Waals surface area contributed by atoms with Gasteiger partial charge in [-0.15, -0.1) is 0 Å². The fraction of sp³-hybridized carbons (Fsp3) is 0. The Hall–Kier alpha value is -8.46. The van der Waals surface area contributed by atoms with E-state index in [1.54, 1.807) is 0 Å². The number of hydrogen-bond acceptors (Lipinski definition) is 1. The summed E-state index contributed by atoms with van der Waals surface area (Å²) in [6, 6.07) is 92.6. The minimum absolute atomic E-state index is 1.09. The number of rotatable bonds is 8. The third-order valence-electron chi connectivity index (χ3n) is 12.8. The lowest BCUT2D eigenvalue weighted by atomic mass is 9.93. The highest BCUT2D eigenvalue weighted by Crippen LogP contribution is 2.42. The largest absolute Gasteiger partial charge is 0.311 e. The second-order valence-electron chi connectivity index (χ2n) is 16.5. The Balaban J connectivity index is 0.972. The number of fused-ring (bicyclic) bond motifs is 6. The minimum Gasteiger partial charge on any atom is -0.311 e. The molecule has 2 heteroatoms. The predicted molar refractivity (Wildman–Crippen MR) is 272 cm³/mol. The number of aromatic nitrogens is 1. The molecule has 12 aromatic rings. The first kappa shape index (κ1) is 37.3. The Kier molecular flexibility index (Phi) is 9.20. The van der Waals surface area contributed by atoms with Crippen LogP contribution in [0.2, 0.25) is 0 Å². The van der Waals surface area contributed by atoms with Crippen LogP contribution in [0.1, 0.15) is 0 Å². The maximum atomic E-state index is 2.47. The predicted octanol–water partition coefficient (Wildman–Crippen LogP) is 17.2. The van der Waals surface area contributed by atoms with Crippen LogP contribution in [-0.2, 0) is 0 Å². The van der Waals surface area contributed by atoms with Crippen LogP contribution >= 0.6 is 0 Å². The van der Waals surface area contributed by atoms with Crippen LogP contribution in [0.15, 0.2) is 255 Å². The molecule has 300 valence electrons. The number of para-hydroxylation sites is 2. The van der Waals surface area contributed by atoms with Crippen LogP contribution in [0, 0.1) is 0 Å². The first-order chi connectivity index (χ1) is 31.7. The van der Waals surface area contributed by atoms with Gasteiger partial charge in [0.2, 0.25) is 0 Å². The van der Waals surface area contributed by atoms with Gasteiger partial charge in [0.25, 0.3) is 0 Å². The summed E-state index contributed by atoms with van der Waals surface area (Å²) < 4.78 is 2.47. The summed E-state index contributed by atoms with van der Waals surface area (Å²) in [6.45, 7) is 0. The first-order valence-corrected chi connectivity index (χ1v) is 22.0. The molecule has 0 radical (unpaired) electrons. The third kappa shape index (κ3) is 6.52. The Morgan fingerprint density at radius 2 is 0.703 bits per heavy atom. The Labute approximate surface area is 373 Å². The van der Waals surface area contributed by atoms with Gasteiger partial charge < -0.3 is 9.47 Å². The van der Waals surface area contributed by atoms with E-state index in [0.29, 0.717) is 0 Å². The van der Waals surface area contributed by atoms with Gasteiger partial charge in [-0.2, -0.15) is 0 Å². The fourth-order valence-corrected chi connectivity index (χ4v) is 9.71. The highest BCUT2D eigenvalue weighted by Gasteiger charge is 2.19. The molecule has 2 nitrogen and oxygen atoms in total. The van der Waals surface area contributed by atoms with Gasteiger partial charge in [0.15, 0.2) is 0 Å². The highest BCUT2D eigenvalue weighted by atomic mass is 15.1. The maximum Gasteiger partial charge on any atom is 0.0547 e. The second kappa shape index (κ2) is 15.8. The smallest absolute Gasteiger partial charge is 0.0547 e. The lowest BCUT2D eigenvalue weighted by Crippen LogP contribution is -2.09. The van der Waals surface area contributed by atoms with Gasteiger partial charge in [0, 0.05) is 33.4 Å². The van der Waals surface area contributed by atoms with Crippen molar-refractivity contribution >= 4 is 60.4 Å². The number of nitrogens with zero attached hydrogens (tertiary/aromatic N) is 2. The molecule has 0 atom stereocenters. The van der Waals surface area contributed by atoms with E-state index in [2.05, 4.69) is 264 Å². The normalized spacial score (nSPS) is 11.4. The third-order valence-corrected chi connectivity index (χ3v) is 12.8. The average molecular weight is 815 g/mol. The van der Waals surface area contributed by atoms with Crippen molar-refractivity contribution in [3.63, 3.8) is 0 Å². The van der Waals surface area contributed by atoms with E-state index in [9.17, 15) is 0 Å². The van der Waals surface area contributed by atoms with Crippen molar-refractivity contribution in [3.8, 4) is 50.2 Å². The number of anilines is 3. The average Bonchev–Trinajstić information content (AvgIpc) is 3.71. The molecular formula is C62H42N2. The van der Waals surface area contributed by atoms with Crippen molar-refractivity contribution in [2.75, 3.05) is 4.90 Å². The summed E-state index contributed by atoms with van der Waals surface area (Å²) >= 11 is 0. The van der Waals surface area contributed by atoms with Crippen LogP contribution in [0.3, 0.4) is 0 Å². The minimum atomic E-state index is 1.09. The molecule has 0 aliphatic carbocycles. The second-order valence-corrected chi connectivity index (χ2v) is 16.5. The molecule has 0 spiro atoms. The van der Waals surface area contributed by atoms with Crippen LogP contribution in [0.4, 0.5) is 17.1 Å². The van der Waals surface area contributed by atoms with Gasteiger partial charge in [-0.25, -0.2) is 0 Å². The monoisotopic (exact) mass is 814 g/mol. The fourth-order valence-electron chi connectivity index (χ4n) is 9.71. The van der Waals surface area contributed by atoms with Crippen molar-refractivity contribution in [3.05, 3.63) is 255 Å². The summed E-state index contributed by atoms with van der Waals surface area (Å²) in [4.78, 5) is 2.35. The Bertz CT molecular complexity index is 3540. The van der Waals surface area contributed by atoms with Crippen LogP contribution in [0.25, 0.3) is 93.5 Å². The Morgan fingerprint density at radius 3 is 1.34 bits per heavy atom. The van der Waals surface area contributed by atoms with Crippen molar-refractivity contribution in [1.29, 1.82) is 0 Å². The van der Waals surface area contributed by atoms with Gasteiger partial charge in [-0.1, -0.05) is 194 Å². The van der Waals surface area contributed by atoms with Gasteiger partial charge in [-0.05, 0) is 121 Å². The van der Waals surface area contributed by atoms with Gasteiger partial charge in [0.1, 0.15) is 0 Å². The Morgan fingerprint density at radius 1 is 0.250 bits per heavy atom. The highest BCUT2D eigenvalue weighted by molar-refractivity contribution is 6.15. The topological polar surface area (TPSA) is 8.17 Å². The molecule has 0 saturated carbocycles. The molecule has 1 heterocycles. The molecule has 0 unspecified atom stereocenters. The van der Waals surface area contributed by atoms with E-state index >= 15 is 0 Å². The molecule has 0 fully saturated rings. The molecule has 0 aliphatic rings. The van der Waals surface area contributed by atoms with Crippen molar-refractivity contribution in [2.24, 2.45) is 0 Å². The lowest BCUT2D eigenvalue weighted by Gasteiger charge is -2.26. The van der Waals surface area contributed by atoms with Gasteiger partial charge in [0.05, 0.1) is 16.7 Å². The molecule has 0 saturated heterocycles. The van der Waals surface area contributed by atoms with E-state index in [0.717, 1.165) is 28.3 Å². The molecule has 11 aromatic carbocycles. The quantitative estimate of drug-likeness (QED) is 0.139. The SMILES string of the molecule is c1ccc(-c2ccc(N(c3ccc(-c4ccccc4)cc3)c3ccc(-c4ccccc4-n4c5ccccc5c5ccc(-c6cc7ccccc7c7ccccc67)cc54)cc3)cc2)cc1. The van der Waals surface area contributed by atoms with E-state index < -0.39 is 0 Å². The number of benzene rings is 11. The van der Waals surface area contributed by atoms with Crippen LogP contribution in [0.5, 0.6) is 0 Å². The zero-order valence-electron chi connectivity index (χ0n) is 35.1. The van der Waals surface area contributed by atoms with Crippen molar-refractivity contribution < 1.29 is 0 Å². The van der Waals surface area contributed by atoms with Gasteiger partial charge in [-0.3, -0.25) is 0 Å². The summed E-state index contributed by atoms with van der Waals surface area (Å²) in [6.07, 6.45) is 0. The molecule has 0 aliphatic heterocycles. The van der Waals surface area contributed by atoms with E-state index in [1.165, 1.54) is 82.3 Å². The standard InChI is InChI=1S/C62H42N2/c1-3-15-43(16-4-1)45-27-34-50(35-28-45)63(51-36-29-46(30-37-51)44-17-5-2-6-18-44)52-38-31-47(32-39-52)54-21-11-13-25-60(54)64-61-26-14-12-24-57(61)58-40-33-49(42-62(58)64)59-41-48-19-7-8-20-53(48)55-22-9-10-23-56(55)59/h1-42H. The zero-order chi connectivity index (χ0) is 42.4. The maximum absolute atomic E-state index is 2.47. The molecular weight excluding hydrogens is 773 g/mol. The van der Waals surface area contributed by atoms with Crippen molar-refractivity contribution in [2.45, 2.75) is 0 Å². The van der Waals surface area contributed by atoms with Crippen LogP contribution in [-0.4, -0.2) is 4.57 Å². The summed E-state index contributed by atoms with van der Waals surface area (Å²) in [5, 5.41) is 7.54. The van der Waals surface area contributed by atoms with Crippen molar-refractivity contribution in [1.82, 2.24) is 4.57 Å². The van der Waals surface area contributed by atoms with E-state index in [1.807, 2.05) is 0 Å². The summed E-state index contributed by atoms with van der Waals surface area (Å²) in [5.74, 6) is 0. The number of hydrogen-bond donors (Lipinski definition) is 0. The molecule has 0 amide bonds. The van der Waals surface area contributed by atoms with E-state index in [-0.39, 0.29) is 0 Å². The molecule has 12 rings (SSSR count). The lowest BCUT2D eigenvalue weighted by molar-refractivity contribution is 1.18. The molecule has 0 N–H and O–H groups in total. The zero-order valence-corrected chi connectivity index (χ0v) is 35.1.